The van der Waals surface area contributed by atoms with Gasteiger partial charge < -0.3 is 10.3 Å². The first-order valence-corrected chi connectivity index (χ1v) is 13.6. The van der Waals surface area contributed by atoms with Crippen molar-refractivity contribution < 1.29 is 4.39 Å². The molecule has 0 spiro atoms. The van der Waals surface area contributed by atoms with Crippen molar-refractivity contribution in [3.8, 4) is 22.6 Å². The van der Waals surface area contributed by atoms with E-state index in [-0.39, 0.29) is 5.82 Å². The lowest BCUT2D eigenvalue weighted by molar-refractivity contribution is 0.628. The number of fused-ring (bicyclic) bond motifs is 2. The van der Waals surface area contributed by atoms with Gasteiger partial charge >= 0.3 is 0 Å². The third kappa shape index (κ3) is 5.40. The van der Waals surface area contributed by atoms with Crippen LogP contribution in [0.3, 0.4) is 0 Å². The Hall–Kier alpha value is -5.56. The summed E-state index contributed by atoms with van der Waals surface area (Å²) in [5.41, 5.74) is 10.1. The number of benzene rings is 3. The number of allylic oxidation sites excluding steroid dienone is 5. The van der Waals surface area contributed by atoms with Gasteiger partial charge in [-0.1, -0.05) is 73.8 Å². The molecule has 0 bridgehead atoms. The molecule has 3 aromatic heterocycles. The van der Waals surface area contributed by atoms with Crippen LogP contribution in [0.2, 0.25) is 0 Å². The molecule has 42 heavy (non-hydrogen) atoms. The minimum Gasteiger partial charge on any atom is -0.359 e. The quantitative estimate of drug-likeness (QED) is 0.158. The summed E-state index contributed by atoms with van der Waals surface area (Å²) in [6.07, 6.45) is 6.50. The molecule has 6 rings (SSSR count). The molecule has 3 heterocycles. The Bertz CT molecular complexity index is 1980. The lowest BCUT2D eigenvalue weighted by atomic mass is 10.0. The van der Waals surface area contributed by atoms with Crippen LogP contribution in [-0.2, 0) is 6.42 Å². The summed E-state index contributed by atoms with van der Waals surface area (Å²) in [6.45, 7) is 10.2. The second-order valence-electron chi connectivity index (χ2n) is 9.90. The first kappa shape index (κ1) is 26.7. The van der Waals surface area contributed by atoms with E-state index in [1.165, 1.54) is 17.7 Å². The van der Waals surface area contributed by atoms with Crippen molar-refractivity contribution in [2.75, 3.05) is 0 Å². The maximum absolute atomic E-state index is 13.5. The highest BCUT2D eigenvalue weighted by molar-refractivity contribution is 5.96. The van der Waals surface area contributed by atoms with E-state index in [1.54, 1.807) is 18.2 Å². The molecule has 0 atom stereocenters. The lowest BCUT2D eigenvalue weighted by Crippen LogP contribution is -2.12. The van der Waals surface area contributed by atoms with E-state index in [4.69, 9.17) is 9.97 Å². The van der Waals surface area contributed by atoms with E-state index >= 15 is 0 Å². The van der Waals surface area contributed by atoms with Gasteiger partial charge in [-0.2, -0.15) is 5.10 Å². The molecule has 7 heteroatoms. The normalized spacial score (nSPS) is 12.1. The molecule has 3 N–H and O–H groups in total. The summed E-state index contributed by atoms with van der Waals surface area (Å²) in [5, 5.41) is 11.0. The Balaban J connectivity index is 1.32. The number of hydrogen-bond acceptors (Lipinski definition) is 4. The fourth-order valence-electron chi connectivity index (χ4n) is 4.94. The van der Waals surface area contributed by atoms with Gasteiger partial charge in [-0.15, -0.1) is 0 Å². The van der Waals surface area contributed by atoms with Crippen LogP contribution in [-0.4, -0.2) is 25.1 Å². The molecule has 0 radical (unpaired) electrons. The highest BCUT2D eigenvalue weighted by Gasteiger charge is 2.17. The Labute approximate surface area is 243 Å². The summed E-state index contributed by atoms with van der Waals surface area (Å²) < 4.78 is 13.5. The van der Waals surface area contributed by atoms with E-state index < -0.39 is 0 Å². The standard InChI is InChI=1S/C35H29FN6/c1-4-24(21-27(5-2)37-22(3)20-23-10-7-6-8-11-23)29-18-19-31-33(38-29)34(42-41-31)35-39-30-13-9-12-28(32(30)40-35)25-14-16-26(36)17-15-25/h4-19,21,37H,2-3,20H2,1H3,(H,39,40)(H,41,42)/b24-4+,27-21+. The van der Waals surface area contributed by atoms with Gasteiger partial charge in [0.05, 0.1) is 22.2 Å². The van der Waals surface area contributed by atoms with Gasteiger partial charge in [0.1, 0.15) is 11.3 Å². The third-order valence-corrected chi connectivity index (χ3v) is 7.02. The molecule has 0 saturated heterocycles. The smallest absolute Gasteiger partial charge is 0.161 e. The number of pyridine rings is 1. The molecular formula is C35H29FN6. The number of para-hydroxylation sites is 1. The number of rotatable bonds is 9. The van der Waals surface area contributed by atoms with Crippen molar-refractivity contribution in [2.45, 2.75) is 13.3 Å². The monoisotopic (exact) mass is 552 g/mol. The zero-order valence-corrected chi connectivity index (χ0v) is 23.2. The maximum Gasteiger partial charge on any atom is 0.161 e. The van der Waals surface area contributed by atoms with E-state index in [2.05, 4.69) is 45.8 Å². The minimum atomic E-state index is -0.276. The van der Waals surface area contributed by atoms with Crippen molar-refractivity contribution in [3.63, 3.8) is 0 Å². The van der Waals surface area contributed by atoms with Gasteiger partial charge in [-0.3, -0.25) is 5.10 Å². The molecule has 0 fully saturated rings. The fourth-order valence-corrected chi connectivity index (χ4v) is 4.94. The van der Waals surface area contributed by atoms with Gasteiger partial charge in [0, 0.05) is 23.4 Å². The zero-order chi connectivity index (χ0) is 29.1. The number of hydrogen-bond donors (Lipinski definition) is 3. The average Bonchev–Trinajstić information content (AvgIpc) is 3.64. The van der Waals surface area contributed by atoms with E-state index in [0.29, 0.717) is 23.5 Å². The molecule has 0 saturated carbocycles. The predicted octanol–water partition coefficient (Wildman–Crippen LogP) is 8.13. The third-order valence-electron chi connectivity index (χ3n) is 7.02. The molecule has 0 amide bonds. The van der Waals surface area contributed by atoms with Crippen LogP contribution in [0.1, 0.15) is 18.2 Å². The number of aromatic amines is 2. The van der Waals surface area contributed by atoms with Crippen LogP contribution < -0.4 is 5.32 Å². The first-order valence-electron chi connectivity index (χ1n) is 13.6. The highest BCUT2D eigenvalue weighted by atomic mass is 19.1. The Morgan fingerprint density at radius 2 is 1.71 bits per heavy atom. The molecule has 0 aliphatic heterocycles. The fraction of sp³-hybridized carbons (Fsp3) is 0.0571. The van der Waals surface area contributed by atoms with Crippen LogP contribution in [0.4, 0.5) is 4.39 Å². The number of H-pyrrole nitrogens is 2. The van der Waals surface area contributed by atoms with Crippen molar-refractivity contribution in [2.24, 2.45) is 0 Å². The average molecular weight is 553 g/mol. The molecule has 6 nitrogen and oxygen atoms in total. The highest BCUT2D eigenvalue weighted by Crippen LogP contribution is 2.31. The SMILES string of the molecule is C=C/C(=C\C(=C/C)c1ccc2[nH]nc(-c3nc4c(-c5ccc(F)cc5)cccc4[nH]3)c2n1)NC(=C)Cc1ccccc1. The van der Waals surface area contributed by atoms with Crippen LogP contribution in [0, 0.1) is 5.82 Å². The first-order chi connectivity index (χ1) is 20.5. The second-order valence-corrected chi connectivity index (χ2v) is 9.90. The van der Waals surface area contributed by atoms with Crippen molar-refractivity contribution in [1.29, 1.82) is 0 Å². The Morgan fingerprint density at radius 3 is 2.48 bits per heavy atom. The topological polar surface area (TPSA) is 82.3 Å². The van der Waals surface area contributed by atoms with Crippen LogP contribution in [0.25, 0.3) is 50.3 Å². The Morgan fingerprint density at radius 1 is 0.905 bits per heavy atom. The van der Waals surface area contributed by atoms with Gasteiger partial charge in [0.2, 0.25) is 0 Å². The summed E-state index contributed by atoms with van der Waals surface area (Å²) >= 11 is 0. The van der Waals surface area contributed by atoms with Gasteiger partial charge in [-0.25, -0.2) is 14.4 Å². The maximum atomic E-state index is 13.5. The molecule has 0 aliphatic rings. The zero-order valence-electron chi connectivity index (χ0n) is 23.2. The summed E-state index contributed by atoms with van der Waals surface area (Å²) in [5.74, 6) is 0.320. The van der Waals surface area contributed by atoms with Gasteiger partial charge in [-0.05, 0) is 66.1 Å². The van der Waals surface area contributed by atoms with Gasteiger partial charge in [0.15, 0.2) is 11.5 Å². The largest absolute Gasteiger partial charge is 0.359 e. The van der Waals surface area contributed by atoms with Crippen molar-refractivity contribution in [1.82, 2.24) is 30.5 Å². The van der Waals surface area contributed by atoms with E-state index in [0.717, 1.165) is 50.3 Å². The van der Waals surface area contributed by atoms with Crippen LogP contribution in [0.15, 0.2) is 128 Å². The molecule has 0 unspecified atom stereocenters. The van der Waals surface area contributed by atoms with E-state index in [9.17, 15) is 4.39 Å². The van der Waals surface area contributed by atoms with Crippen molar-refractivity contribution >= 4 is 27.6 Å². The summed E-state index contributed by atoms with van der Waals surface area (Å²) in [4.78, 5) is 13.3. The molecule has 0 aliphatic carbocycles. The number of halogens is 1. The van der Waals surface area contributed by atoms with Crippen LogP contribution in [0.5, 0.6) is 0 Å². The molecular weight excluding hydrogens is 523 g/mol. The van der Waals surface area contributed by atoms with Crippen LogP contribution >= 0.6 is 0 Å². The number of imidazole rings is 1. The van der Waals surface area contributed by atoms with E-state index in [1.807, 2.05) is 67.6 Å². The Kier molecular flexibility index (Phi) is 7.30. The number of nitrogens with zero attached hydrogens (tertiary/aromatic N) is 3. The van der Waals surface area contributed by atoms with Gasteiger partial charge in [0.25, 0.3) is 0 Å². The minimum absolute atomic E-state index is 0.276. The molecule has 3 aromatic carbocycles. The number of aromatic nitrogens is 5. The number of nitrogens with one attached hydrogen (secondary N) is 3. The molecule has 206 valence electrons. The lowest BCUT2D eigenvalue weighted by Gasteiger charge is -2.12. The van der Waals surface area contributed by atoms with Crippen molar-refractivity contribution in [3.05, 3.63) is 145 Å². The summed E-state index contributed by atoms with van der Waals surface area (Å²) in [7, 11) is 0. The predicted molar refractivity (Wildman–Crippen MR) is 169 cm³/mol. The molecule has 6 aromatic rings. The second kappa shape index (κ2) is 11.5. The summed E-state index contributed by atoms with van der Waals surface area (Å²) in [6, 6.07) is 26.4.